The van der Waals surface area contributed by atoms with Gasteiger partial charge in [-0.15, -0.1) is 0 Å². The Morgan fingerprint density at radius 1 is 1.08 bits per heavy atom. The fourth-order valence-electron chi connectivity index (χ4n) is 3.96. The number of hydrogen-bond acceptors (Lipinski definition) is 3. The minimum Gasteiger partial charge on any atom is -0.481 e. The van der Waals surface area contributed by atoms with Gasteiger partial charge < -0.3 is 15.2 Å². The predicted octanol–water partition coefficient (Wildman–Crippen LogP) is 3.16. The van der Waals surface area contributed by atoms with Crippen molar-refractivity contribution in [1.29, 1.82) is 0 Å². The zero-order valence-electron chi connectivity index (χ0n) is 14.5. The van der Waals surface area contributed by atoms with Gasteiger partial charge in [-0.3, -0.25) is 9.59 Å². The Bertz CT molecular complexity index is 575. The van der Waals surface area contributed by atoms with Gasteiger partial charge in [-0.1, -0.05) is 30.3 Å². The summed E-state index contributed by atoms with van der Waals surface area (Å²) < 4.78 is 5.48. The number of rotatable bonds is 6. The van der Waals surface area contributed by atoms with Gasteiger partial charge in [0.25, 0.3) is 0 Å². The second-order valence-electron chi connectivity index (χ2n) is 7.32. The van der Waals surface area contributed by atoms with E-state index in [1.165, 1.54) is 0 Å². The molecule has 3 rings (SSSR count). The normalized spacial score (nSPS) is 27.6. The van der Waals surface area contributed by atoms with Crippen LogP contribution in [0.25, 0.3) is 0 Å². The van der Waals surface area contributed by atoms with Gasteiger partial charge in [0.1, 0.15) is 0 Å². The Labute approximate surface area is 148 Å². The van der Waals surface area contributed by atoms with Gasteiger partial charge in [0, 0.05) is 19.1 Å². The van der Waals surface area contributed by atoms with Gasteiger partial charge >= 0.3 is 5.97 Å². The molecule has 2 N–H and O–H groups in total. The Morgan fingerprint density at radius 3 is 2.36 bits per heavy atom. The van der Waals surface area contributed by atoms with E-state index in [0.717, 1.165) is 31.6 Å². The SMILES string of the molecule is O=C(O)C1CCC(C(=O)NC(CC2CCOC2)c2ccccc2)CC1. The largest absolute Gasteiger partial charge is 0.481 e. The van der Waals surface area contributed by atoms with Crippen molar-refractivity contribution in [3.05, 3.63) is 35.9 Å². The van der Waals surface area contributed by atoms with Crippen LogP contribution >= 0.6 is 0 Å². The first kappa shape index (κ1) is 17.9. The van der Waals surface area contributed by atoms with Gasteiger partial charge in [0.05, 0.1) is 12.0 Å². The molecule has 1 aromatic carbocycles. The number of amides is 1. The van der Waals surface area contributed by atoms with Crippen molar-refractivity contribution in [3.8, 4) is 0 Å². The molecule has 0 bridgehead atoms. The van der Waals surface area contributed by atoms with Crippen molar-refractivity contribution in [3.63, 3.8) is 0 Å². The molecule has 2 atom stereocenters. The number of ether oxygens (including phenoxy) is 1. The van der Waals surface area contributed by atoms with Crippen molar-refractivity contribution in [2.24, 2.45) is 17.8 Å². The van der Waals surface area contributed by atoms with E-state index in [4.69, 9.17) is 9.84 Å². The highest BCUT2D eigenvalue weighted by Gasteiger charge is 2.31. The van der Waals surface area contributed by atoms with Crippen LogP contribution in [0.4, 0.5) is 0 Å². The van der Waals surface area contributed by atoms with E-state index in [9.17, 15) is 9.59 Å². The topological polar surface area (TPSA) is 75.6 Å². The number of nitrogens with one attached hydrogen (secondary N) is 1. The van der Waals surface area contributed by atoms with Gasteiger partial charge in [-0.2, -0.15) is 0 Å². The van der Waals surface area contributed by atoms with Crippen molar-refractivity contribution in [2.45, 2.75) is 44.6 Å². The van der Waals surface area contributed by atoms with Crippen LogP contribution in [0.15, 0.2) is 30.3 Å². The van der Waals surface area contributed by atoms with Crippen molar-refractivity contribution < 1.29 is 19.4 Å². The molecule has 1 aliphatic carbocycles. The molecular formula is C20H27NO4. The average Bonchev–Trinajstić information content (AvgIpc) is 3.15. The third kappa shape index (κ3) is 4.82. The lowest BCUT2D eigenvalue weighted by atomic mass is 9.81. The molecule has 2 fully saturated rings. The lowest BCUT2D eigenvalue weighted by molar-refractivity contribution is -0.144. The molecule has 0 aromatic heterocycles. The first-order valence-electron chi connectivity index (χ1n) is 9.29. The molecule has 1 aromatic rings. The summed E-state index contributed by atoms with van der Waals surface area (Å²) in [4.78, 5) is 23.8. The second-order valence-corrected chi connectivity index (χ2v) is 7.32. The van der Waals surface area contributed by atoms with Crippen LogP contribution < -0.4 is 5.32 Å². The highest BCUT2D eigenvalue weighted by Crippen LogP contribution is 2.31. The molecule has 5 heteroatoms. The summed E-state index contributed by atoms with van der Waals surface area (Å²) in [5, 5.41) is 12.3. The third-order valence-electron chi connectivity index (χ3n) is 5.56. The molecule has 0 spiro atoms. The Kier molecular flexibility index (Phi) is 6.08. The summed E-state index contributed by atoms with van der Waals surface area (Å²) in [6, 6.07) is 10.1. The average molecular weight is 345 g/mol. The van der Waals surface area contributed by atoms with E-state index < -0.39 is 5.97 Å². The highest BCUT2D eigenvalue weighted by molar-refractivity contribution is 5.79. The van der Waals surface area contributed by atoms with Crippen molar-refractivity contribution >= 4 is 11.9 Å². The van der Waals surface area contributed by atoms with Crippen LogP contribution in [0, 0.1) is 17.8 Å². The Balaban J connectivity index is 1.61. The molecule has 25 heavy (non-hydrogen) atoms. The monoisotopic (exact) mass is 345 g/mol. The molecule has 1 heterocycles. The smallest absolute Gasteiger partial charge is 0.306 e. The van der Waals surface area contributed by atoms with E-state index in [1.54, 1.807) is 0 Å². The maximum absolute atomic E-state index is 12.7. The summed E-state index contributed by atoms with van der Waals surface area (Å²) in [6.07, 6.45) is 4.45. The first-order valence-corrected chi connectivity index (χ1v) is 9.29. The highest BCUT2D eigenvalue weighted by atomic mass is 16.5. The summed E-state index contributed by atoms with van der Waals surface area (Å²) in [5.41, 5.74) is 1.13. The van der Waals surface area contributed by atoms with E-state index in [-0.39, 0.29) is 23.8 Å². The zero-order valence-corrected chi connectivity index (χ0v) is 14.5. The number of carboxylic acid groups (broad SMARTS) is 1. The van der Waals surface area contributed by atoms with Crippen LogP contribution in [-0.2, 0) is 14.3 Å². The molecule has 1 saturated carbocycles. The minimum atomic E-state index is -0.734. The number of hydrogen-bond donors (Lipinski definition) is 2. The Hall–Kier alpha value is -1.88. The maximum Gasteiger partial charge on any atom is 0.306 e. The molecule has 1 saturated heterocycles. The van der Waals surface area contributed by atoms with Gasteiger partial charge in [0.2, 0.25) is 5.91 Å². The molecule has 0 radical (unpaired) electrons. The van der Waals surface area contributed by atoms with E-state index in [2.05, 4.69) is 17.4 Å². The third-order valence-corrected chi connectivity index (χ3v) is 5.56. The fourth-order valence-corrected chi connectivity index (χ4v) is 3.96. The fraction of sp³-hybridized carbons (Fsp3) is 0.600. The van der Waals surface area contributed by atoms with E-state index in [1.807, 2.05) is 18.2 Å². The van der Waals surface area contributed by atoms with Crippen molar-refractivity contribution in [2.75, 3.05) is 13.2 Å². The molecule has 136 valence electrons. The molecular weight excluding hydrogens is 318 g/mol. The van der Waals surface area contributed by atoms with Gasteiger partial charge in [-0.05, 0) is 50.0 Å². The quantitative estimate of drug-likeness (QED) is 0.830. The van der Waals surface area contributed by atoms with Crippen LogP contribution in [0.3, 0.4) is 0 Å². The van der Waals surface area contributed by atoms with E-state index >= 15 is 0 Å². The first-order chi connectivity index (χ1) is 12.1. The van der Waals surface area contributed by atoms with Gasteiger partial charge in [0.15, 0.2) is 0 Å². The number of aliphatic carboxylic acids is 1. The summed E-state index contributed by atoms with van der Waals surface area (Å²) in [5.74, 6) is -0.543. The van der Waals surface area contributed by atoms with Gasteiger partial charge in [-0.25, -0.2) is 0 Å². The zero-order chi connectivity index (χ0) is 17.6. The second kappa shape index (κ2) is 8.48. The Morgan fingerprint density at radius 2 is 1.76 bits per heavy atom. The number of benzene rings is 1. The summed E-state index contributed by atoms with van der Waals surface area (Å²) >= 11 is 0. The van der Waals surface area contributed by atoms with Crippen LogP contribution in [0.1, 0.15) is 50.1 Å². The van der Waals surface area contributed by atoms with Crippen molar-refractivity contribution in [1.82, 2.24) is 5.32 Å². The lowest BCUT2D eigenvalue weighted by Crippen LogP contribution is -2.37. The maximum atomic E-state index is 12.7. The standard InChI is InChI=1S/C20H27NO4/c22-19(16-6-8-17(9-7-16)20(23)24)21-18(12-14-10-11-25-13-14)15-4-2-1-3-5-15/h1-5,14,16-18H,6-13H2,(H,21,22)(H,23,24). The number of carbonyl (C=O) groups is 2. The van der Waals surface area contributed by atoms with E-state index in [0.29, 0.717) is 31.6 Å². The number of carbonyl (C=O) groups excluding carboxylic acids is 1. The predicted molar refractivity (Wildman–Crippen MR) is 94.0 cm³/mol. The molecule has 1 amide bonds. The van der Waals surface area contributed by atoms with Crippen LogP contribution in [0.5, 0.6) is 0 Å². The van der Waals surface area contributed by atoms with Crippen LogP contribution in [0.2, 0.25) is 0 Å². The summed E-state index contributed by atoms with van der Waals surface area (Å²) in [6.45, 7) is 1.57. The summed E-state index contributed by atoms with van der Waals surface area (Å²) in [7, 11) is 0. The molecule has 2 unspecified atom stereocenters. The molecule has 1 aliphatic heterocycles. The molecule has 5 nitrogen and oxygen atoms in total. The minimum absolute atomic E-state index is 0.00222. The lowest BCUT2D eigenvalue weighted by Gasteiger charge is -2.28. The number of carboxylic acids is 1. The molecule has 2 aliphatic rings. The van der Waals surface area contributed by atoms with Crippen LogP contribution in [-0.4, -0.2) is 30.2 Å².